The second kappa shape index (κ2) is 7.76. The predicted octanol–water partition coefficient (Wildman–Crippen LogP) is 2.79. The summed E-state index contributed by atoms with van der Waals surface area (Å²) < 4.78 is 6.91. The molecule has 0 bridgehead atoms. The summed E-state index contributed by atoms with van der Waals surface area (Å²) in [6, 6.07) is 6.12. The Kier molecular flexibility index (Phi) is 5.60. The second-order valence-electron chi connectivity index (χ2n) is 7.73. The van der Waals surface area contributed by atoms with Gasteiger partial charge in [-0.25, -0.2) is 0 Å². The summed E-state index contributed by atoms with van der Waals surface area (Å²) in [6.45, 7) is 6.47. The molecule has 3 rings (SSSR count). The maximum absolute atomic E-state index is 12.7. The molecule has 0 spiro atoms. The van der Waals surface area contributed by atoms with Crippen LogP contribution in [0.25, 0.3) is 5.69 Å². The highest BCUT2D eigenvalue weighted by atomic mass is 16.5. The number of aromatic nitrogens is 4. The average Bonchev–Trinajstić information content (AvgIpc) is 3.14. The molecular formula is C20H29N5O2. The van der Waals surface area contributed by atoms with Crippen LogP contribution < -0.4 is 0 Å². The lowest BCUT2D eigenvalue weighted by Crippen LogP contribution is -2.51. The van der Waals surface area contributed by atoms with Crippen molar-refractivity contribution in [1.82, 2.24) is 25.1 Å². The van der Waals surface area contributed by atoms with Gasteiger partial charge in [0.2, 0.25) is 5.91 Å². The number of ether oxygens (including phenoxy) is 1. The molecule has 0 N–H and O–H groups in total. The first-order valence-electron chi connectivity index (χ1n) is 9.51. The number of benzene rings is 1. The van der Waals surface area contributed by atoms with Crippen LogP contribution in [-0.4, -0.2) is 51.8 Å². The number of hydrogen-bond acceptors (Lipinski definition) is 5. The molecule has 27 heavy (non-hydrogen) atoms. The fourth-order valence-corrected chi connectivity index (χ4v) is 4.01. The van der Waals surface area contributed by atoms with E-state index < -0.39 is 5.54 Å². The van der Waals surface area contributed by atoms with Crippen LogP contribution in [-0.2, 0) is 15.1 Å². The summed E-state index contributed by atoms with van der Waals surface area (Å²) in [6.07, 6.45) is 3.74. The number of carbonyl (C=O) groups excluding carboxylic acids is 1. The fourth-order valence-electron chi connectivity index (χ4n) is 4.01. The Balaban J connectivity index is 2.11. The van der Waals surface area contributed by atoms with E-state index in [0.29, 0.717) is 5.92 Å². The maximum Gasteiger partial charge on any atom is 0.249 e. The van der Waals surface area contributed by atoms with Gasteiger partial charge in [-0.1, -0.05) is 19.1 Å². The van der Waals surface area contributed by atoms with Crippen LogP contribution in [0.3, 0.4) is 0 Å². The molecule has 0 unspecified atom stereocenters. The van der Waals surface area contributed by atoms with Crippen molar-refractivity contribution in [1.29, 1.82) is 0 Å². The maximum atomic E-state index is 12.7. The molecule has 0 atom stereocenters. The summed E-state index contributed by atoms with van der Waals surface area (Å²) in [7, 11) is 3.39. The van der Waals surface area contributed by atoms with Crippen molar-refractivity contribution >= 4 is 5.91 Å². The fraction of sp³-hybridized carbons (Fsp3) is 0.600. The Labute approximate surface area is 160 Å². The van der Waals surface area contributed by atoms with Crippen LogP contribution in [0.5, 0.6) is 0 Å². The van der Waals surface area contributed by atoms with Gasteiger partial charge in [-0.2, -0.15) is 4.68 Å². The minimum absolute atomic E-state index is 0.0532. The summed E-state index contributed by atoms with van der Waals surface area (Å²) in [5.41, 5.74) is 2.75. The number of rotatable bonds is 5. The topological polar surface area (TPSA) is 73.1 Å². The standard InChI is InChI=1S/C20H29N5O2/c1-14-9-11-20(12-10-14,24(4)18(26)13-27-5)19-21-22-23-25(19)17-8-6-7-15(2)16(17)3/h6-8,14H,9-13H2,1-5H3. The second-order valence-corrected chi connectivity index (χ2v) is 7.73. The summed E-state index contributed by atoms with van der Waals surface area (Å²) in [5.74, 6) is 1.31. The molecule has 1 aliphatic carbocycles. The molecule has 1 amide bonds. The summed E-state index contributed by atoms with van der Waals surface area (Å²) in [4.78, 5) is 14.5. The number of nitrogens with zero attached hydrogens (tertiary/aromatic N) is 5. The lowest BCUT2D eigenvalue weighted by atomic mass is 9.75. The highest BCUT2D eigenvalue weighted by Crippen LogP contribution is 2.43. The van der Waals surface area contributed by atoms with Crippen LogP contribution >= 0.6 is 0 Å². The molecular weight excluding hydrogens is 342 g/mol. The Morgan fingerprint density at radius 2 is 2.04 bits per heavy atom. The third-order valence-corrected chi connectivity index (χ3v) is 6.08. The van der Waals surface area contributed by atoms with E-state index in [1.165, 1.54) is 5.56 Å². The number of likely N-dealkylation sites (N-methyl/N-ethyl adjacent to an activating group) is 1. The van der Waals surface area contributed by atoms with Gasteiger partial charge >= 0.3 is 0 Å². The minimum Gasteiger partial charge on any atom is -0.375 e. The van der Waals surface area contributed by atoms with Crippen LogP contribution in [0, 0.1) is 19.8 Å². The molecule has 2 aromatic rings. The van der Waals surface area contributed by atoms with E-state index in [2.05, 4.69) is 42.4 Å². The van der Waals surface area contributed by atoms with E-state index in [-0.39, 0.29) is 12.5 Å². The quantitative estimate of drug-likeness (QED) is 0.808. The lowest BCUT2D eigenvalue weighted by molar-refractivity contribution is -0.142. The number of aryl methyl sites for hydroxylation is 1. The van der Waals surface area contributed by atoms with Crippen LogP contribution in [0.4, 0.5) is 0 Å². The first-order valence-corrected chi connectivity index (χ1v) is 9.51. The average molecular weight is 371 g/mol. The van der Waals surface area contributed by atoms with Gasteiger partial charge in [0.1, 0.15) is 12.1 Å². The Hall–Kier alpha value is -2.28. The van der Waals surface area contributed by atoms with E-state index in [4.69, 9.17) is 4.74 Å². The molecule has 1 aromatic carbocycles. The van der Waals surface area contributed by atoms with Gasteiger partial charge in [0.25, 0.3) is 0 Å². The van der Waals surface area contributed by atoms with E-state index in [1.807, 2.05) is 23.9 Å². The van der Waals surface area contributed by atoms with E-state index >= 15 is 0 Å². The zero-order valence-electron chi connectivity index (χ0n) is 16.9. The predicted molar refractivity (Wildman–Crippen MR) is 103 cm³/mol. The van der Waals surface area contributed by atoms with Gasteiger partial charge in [0.05, 0.1) is 5.69 Å². The monoisotopic (exact) mass is 371 g/mol. The lowest BCUT2D eigenvalue weighted by Gasteiger charge is -2.44. The van der Waals surface area contributed by atoms with Crippen molar-refractivity contribution in [3.05, 3.63) is 35.2 Å². The van der Waals surface area contributed by atoms with Gasteiger partial charge in [0, 0.05) is 14.2 Å². The SMILES string of the molecule is COCC(=O)N(C)C1(c2nnnn2-c2cccc(C)c2C)CCC(C)CC1. The molecule has 1 heterocycles. The summed E-state index contributed by atoms with van der Waals surface area (Å²) in [5, 5.41) is 12.7. The Bertz CT molecular complexity index is 808. The zero-order chi connectivity index (χ0) is 19.6. The Morgan fingerprint density at radius 1 is 1.33 bits per heavy atom. The van der Waals surface area contributed by atoms with Crippen molar-refractivity contribution < 1.29 is 9.53 Å². The van der Waals surface area contributed by atoms with Crippen molar-refractivity contribution in [2.45, 2.75) is 52.0 Å². The normalized spacial score (nSPS) is 22.6. The smallest absolute Gasteiger partial charge is 0.249 e. The van der Waals surface area contributed by atoms with Crippen LogP contribution in [0.1, 0.15) is 49.6 Å². The van der Waals surface area contributed by atoms with Gasteiger partial charge in [-0.3, -0.25) is 4.79 Å². The van der Waals surface area contributed by atoms with Gasteiger partial charge in [-0.05, 0) is 73.1 Å². The number of tetrazole rings is 1. The molecule has 1 aromatic heterocycles. The summed E-state index contributed by atoms with van der Waals surface area (Å²) >= 11 is 0. The van der Waals surface area contributed by atoms with Gasteiger partial charge in [-0.15, -0.1) is 5.10 Å². The van der Waals surface area contributed by atoms with Gasteiger partial charge in [0.15, 0.2) is 5.82 Å². The van der Waals surface area contributed by atoms with Crippen LogP contribution in [0.2, 0.25) is 0 Å². The van der Waals surface area contributed by atoms with Crippen molar-refractivity contribution in [3.63, 3.8) is 0 Å². The molecule has 146 valence electrons. The molecule has 7 nitrogen and oxygen atoms in total. The van der Waals surface area contributed by atoms with Gasteiger partial charge < -0.3 is 9.64 Å². The molecule has 1 saturated carbocycles. The van der Waals surface area contributed by atoms with E-state index in [9.17, 15) is 4.79 Å². The number of hydrogen-bond donors (Lipinski definition) is 0. The van der Waals surface area contributed by atoms with Crippen molar-refractivity contribution in [2.24, 2.45) is 5.92 Å². The zero-order valence-corrected chi connectivity index (χ0v) is 16.9. The Morgan fingerprint density at radius 3 is 2.70 bits per heavy atom. The molecule has 1 aliphatic rings. The van der Waals surface area contributed by atoms with E-state index in [0.717, 1.165) is 42.8 Å². The van der Waals surface area contributed by atoms with Crippen molar-refractivity contribution in [3.8, 4) is 5.69 Å². The van der Waals surface area contributed by atoms with E-state index in [1.54, 1.807) is 12.0 Å². The third-order valence-electron chi connectivity index (χ3n) is 6.08. The number of amides is 1. The largest absolute Gasteiger partial charge is 0.375 e. The number of carbonyl (C=O) groups is 1. The number of methoxy groups -OCH3 is 1. The first-order chi connectivity index (χ1) is 12.9. The third kappa shape index (κ3) is 3.48. The molecule has 7 heteroatoms. The van der Waals surface area contributed by atoms with Crippen LogP contribution in [0.15, 0.2) is 18.2 Å². The molecule has 0 saturated heterocycles. The molecule has 0 aliphatic heterocycles. The molecule has 1 fully saturated rings. The first kappa shape index (κ1) is 19.5. The highest BCUT2D eigenvalue weighted by Gasteiger charge is 2.46. The molecule has 0 radical (unpaired) electrons. The highest BCUT2D eigenvalue weighted by molar-refractivity contribution is 5.78. The van der Waals surface area contributed by atoms with Crippen molar-refractivity contribution in [2.75, 3.05) is 20.8 Å². The minimum atomic E-state index is -0.526.